The van der Waals surface area contributed by atoms with E-state index < -0.39 is 0 Å². The molecule has 1 aliphatic heterocycles. The minimum absolute atomic E-state index is 0.806. The molecule has 1 aliphatic carbocycles. The standard InChI is InChI=1S/C7H12IN/c1-4-5-2-6(5)7(8)3-9-4/h4-7,9H,2-3H2,1H3/t4-,5?,6-,7?/m1/s1. The summed E-state index contributed by atoms with van der Waals surface area (Å²) < 4.78 is 0.920. The lowest BCUT2D eigenvalue weighted by Crippen LogP contribution is -2.39. The molecule has 0 bridgehead atoms. The van der Waals surface area contributed by atoms with Crippen LogP contribution in [0, 0.1) is 11.8 Å². The van der Waals surface area contributed by atoms with E-state index in [1.165, 1.54) is 13.0 Å². The highest BCUT2D eigenvalue weighted by molar-refractivity contribution is 14.1. The van der Waals surface area contributed by atoms with Gasteiger partial charge in [-0.1, -0.05) is 22.6 Å². The van der Waals surface area contributed by atoms with Crippen LogP contribution < -0.4 is 5.32 Å². The van der Waals surface area contributed by atoms with Crippen LogP contribution in [0.4, 0.5) is 0 Å². The molecule has 1 saturated heterocycles. The first-order valence-electron chi connectivity index (χ1n) is 3.66. The van der Waals surface area contributed by atoms with Crippen LogP contribution in [0.1, 0.15) is 13.3 Å². The molecular formula is C7H12IN. The minimum atomic E-state index is 0.806. The van der Waals surface area contributed by atoms with Gasteiger partial charge in [-0.25, -0.2) is 0 Å². The summed E-state index contributed by atoms with van der Waals surface area (Å²) in [5.74, 6) is 2.10. The number of piperidine rings is 1. The van der Waals surface area contributed by atoms with Gasteiger partial charge in [0.1, 0.15) is 0 Å². The van der Waals surface area contributed by atoms with E-state index in [2.05, 4.69) is 34.8 Å². The second-order valence-electron chi connectivity index (χ2n) is 3.28. The zero-order valence-electron chi connectivity index (χ0n) is 5.60. The first-order chi connectivity index (χ1) is 4.29. The summed E-state index contributed by atoms with van der Waals surface area (Å²) in [6, 6.07) is 0.806. The normalized spacial score (nSPS) is 56.7. The zero-order chi connectivity index (χ0) is 6.43. The van der Waals surface area contributed by atoms with Gasteiger partial charge in [-0.2, -0.15) is 0 Å². The fourth-order valence-corrected chi connectivity index (χ4v) is 2.91. The van der Waals surface area contributed by atoms with E-state index >= 15 is 0 Å². The molecule has 0 spiro atoms. The van der Waals surface area contributed by atoms with Crippen LogP contribution in [0.2, 0.25) is 0 Å². The molecule has 52 valence electrons. The summed E-state index contributed by atoms with van der Waals surface area (Å²) >= 11 is 2.57. The highest BCUT2D eigenvalue weighted by atomic mass is 127. The lowest BCUT2D eigenvalue weighted by atomic mass is 10.1. The SMILES string of the molecule is C[C@H]1NCC(I)[C@@H]2CC21. The summed E-state index contributed by atoms with van der Waals surface area (Å²) in [4.78, 5) is 0. The predicted octanol–water partition coefficient (Wildman–Crippen LogP) is 1.42. The highest BCUT2D eigenvalue weighted by Gasteiger charge is 2.47. The van der Waals surface area contributed by atoms with Crippen LogP contribution >= 0.6 is 22.6 Å². The van der Waals surface area contributed by atoms with E-state index in [4.69, 9.17) is 0 Å². The number of halogens is 1. The maximum atomic E-state index is 3.52. The van der Waals surface area contributed by atoms with Crippen molar-refractivity contribution in [3.8, 4) is 0 Å². The average molecular weight is 237 g/mol. The Kier molecular flexibility index (Phi) is 1.49. The van der Waals surface area contributed by atoms with Crippen LogP contribution in [0.5, 0.6) is 0 Å². The molecule has 1 saturated carbocycles. The third-order valence-corrected chi connectivity index (χ3v) is 4.00. The van der Waals surface area contributed by atoms with Crippen molar-refractivity contribution in [3.63, 3.8) is 0 Å². The second kappa shape index (κ2) is 2.09. The number of alkyl halides is 1. The Morgan fingerprint density at radius 2 is 2.22 bits per heavy atom. The maximum Gasteiger partial charge on any atom is 0.0266 e. The van der Waals surface area contributed by atoms with Crippen LogP contribution in [0.25, 0.3) is 0 Å². The molecule has 1 nitrogen and oxygen atoms in total. The first-order valence-corrected chi connectivity index (χ1v) is 4.91. The summed E-state index contributed by atoms with van der Waals surface area (Å²) in [5.41, 5.74) is 0. The van der Waals surface area contributed by atoms with Gasteiger partial charge in [0.2, 0.25) is 0 Å². The Bertz CT molecular complexity index is 112. The highest BCUT2D eigenvalue weighted by Crippen LogP contribution is 2.48. The van der Waals surface area contributed by atoms with Crippen molar-refractivity contribution in [2.24, 2.45) is 11.8 Å². The van der Waals surface area contributed by atoms with Gasteiger partial charge >= 0.3 is 0 Å². The third-order valence-electron chi connectivity index (χ3n) is 2.63. The Morgan fingerprint density at radius 3 is 2.89 bits per heavy atom. The summed E-state index contributed by atoms with van der Waals surface area (Å²) in [6.45, 7) is 3.55. The Morgan fingerprint density at radius 1 is 1.44 bits per heavy atom. The topological polar surface area (TPSA) is 12.0 Å². The van der Waals surface area contributed by atoms with Crippen LogP contribution in [0.15, 0.2) is 0 Å². The quantitative estimate of drug-likeness (QED) is 0.496. The number of rotatable bonds is 0. The second-order valence-corrected chi connectivity index (χ2v) is 4.88. The molecular weight excluding hydrogens is 225 g/mol. The van der Waals surface area contributed by atoms with E-state index in [1.807, 2.05) is 0 Å². The number of hydrogen-bond acceptors (Lipinski definition) is 1. The number of fused-ring (bicyclic) bond motifs is 1. The van der Waals surface area contributed by atoms with Gasteiger partial charge in [-0.15, -0.1) is 0 Å². The van der Waals surface area contributed by atoms with Gasteiger partial charge < -0.3 is 5.32 Å². The molecule has 4 atom stereocenters. The van der Waals surface area contributed by atoms with Crippen LogP contribution in [-0.2, 0) is 0 Å². The molecule has 1 N–H and O–H groups in total. The first kappa shape index (κ1) is 6.40. The molecule has 2 rings (SSSR count). The van der Waals surface area contributed by atoms with E-state index in [-0.39, 0.29) is 0 Å². The largest absolute Gasteiger partial charge is 0.313 e. The molecule has 0 aromatic rings. The van der Waals surface area contributed by atoms with Gasteiger partial charge in [-0.05, 0) is 25.2 Å². The van der Waals surface area contributed by atoms with E-state index in [0.717, 1.165) is 21.8 Å². The fourth-order valence-electron chi connectivity index (χ4n) is 1.83. The fraction of sp³-hybridized carbons (Fsp3) is 1.00. The van der Waals surface area contributed by atoms with Gasteiger partial charge in [-0.3, -0.25) is 0 Å². The third kappa shape index (κ3) is 1.00. The molecule has 1 heterocycles. The van der Waals surface area contributed by atoms with Crippen molar-refractivity contribution in [1.82, 2.24) is 5.32 Å². The summed E-state index contributed by atoms with van der Waals surface area (Å²) in [5, 5.41) is 3.52. The summed E-state index contributed by atoms with van der Waals surface area (Å²) in [7, 11) is 0. The molecule has 2 aliphatic rings. The van der Waals surface area contributed by atoms with Crippen LogP contribution in [0.3, 0.4) is 0 Å². The Hall–Kier alpha value is 0.690. The van der Waals surface area contributed by atoms with Gasteiger partial charge in [0.25, 0.3) is 0 Å². The molecule has 9 heavy (non-hydrogen) atoms. The molecule has 2 heteroatoms. The minimum Gasteiger partial charge on any atom is -0.313 e. The molecule has 0 radical (unpaired) electrons. The average Bonchev–Trinajstić information content (AvgIpc) is 2.57. The van der Waals surface area contributed by atoms with Gasteiger partial charge in [0.05, 0.1) is 0 Å². The molecule has 0 amide bonds. The van der Waals surface area contributed by atoms with Crippen LogP contribution in [-0.4, -0.2) is 16.5 Å². The molecule has 0 aromatic carbocycles. The van der Waals surface area contributed by atoms with Crippen molar-refractivity contribution >= 4 is 22.6 Å². The van der Waals surface area contributed by atoms with Crippen molar-refractivity contribution in [2.75, 3.05) is 6.54 Å². The zero-order valence-corrected chi connectivity index (χ0v) is 7.76. The Balaban J connectivity index is 2.01. The smallest absolute Gasteiger partial charge is 0.0266 e. The predicted molar refractivity (Wildman–Crippen MR) is 46.9 cm³/mol. The van der Waals surface area contributed by atoms with Crippen molar-refractivity contribution in [1.29, 1.82) is 0 Å². The molecule has 2 fully saturated rings. The Labute approximate surface area is 69.7 Å². The monoisotopic (exact) mass is 237 g/mol. The maximum absolute atomic E-state index is 3.52. The van der Waals surface area contributed by atoms with E-state index in [9.17, 15) is 0 Å². The van der Waals surface area contributed by atoms with E-state index in [1.54, 1.807) is 0 Å². The van der Waals surface area contributed by atoms with Gasteiger partial charge in [0.15, 0.2) is 0 Å². The molecule has 2 unspecified atom stereocenters. The summed E-state index contributed by atoms with van der Waals surface area (Å²) in [6.07, 6.45) is 1.49. The van der Waals surface area contributed by atoms with Crippen molar-refractivity contribution in [3.05, 3.63) is 0 Å². The lowest BCUT2D eigenvalue weighted by molar-refractivity contribution is 0.418. The molecule has 0 aromatic heterocycles. The van der Waals surface area contributed by atoms with Gasteiger partial charge in [0, 0.05) is 16.5 Å². The number of nitrogens with one attached hydrogen (secondary N) is 1. The van der Waals surface area contributed by atoms with Crippen molar-refractivity contribution in [2.45, 2.75) is 23.3 Å². The lowest BCUT2D eigenvalue weighted by Gasteiger charge is -2.22. The van der Waals surface area contributed by atoms with E-state index in [0.29, 0.717) is 0 Å². The number of hydrogen-bond donors (Lipinski definition) is 1. The van der Waals surface area contributed by atoms with Crippen molar-refractivity contribution < 1.29 is 0 Å².